The van der Waals surface area contributed by atoms with Crippen molar-refractivity contribution in [3.8, 4) is 6.07 Å². The third-order valence-electron chi connectivity index (χ3n) is 3.48. The van der Waals surface area contributed by atoms with E-state index >= 15 is 0 Å². The maximum absolute atomic E-state index is 9.15. The third kappa shape index (κ3) is 2.02. The highest BCUT2D eigenvalue weighted by atomic mass is 32.2. The molecule has 0 spiro atoms. The number of hydrogen-bond donors (Lipinski definition) is 0. The maximum Gasteiger partial charge on any atom is 0.0662 e. The summed E-state index contributed by atoms with van der Waals surface area (Å²) in [6.07, 6.45) is 6.76. The van der Waals surface area contributed by atoms with E-state index in [1.165, 1.54) is 43.6 Å². The first-order valence-corrected chi connectivity index (χ1v) is 6.54. The molecule has 0 N–H and O–H groups in total. The van der Waals surface area contributed by atoms with Gasteiger partial charge in [0.2, 0.25) is 0 Å². The fraction of sp³-hybridized carbons (Fsp3) is 0.909. The molecule has 0 aromatic rings. The minimum atomic E-state index is 0.390. The van der Waals surface area contributed by atoms with E-state index in [-0.39, 0.29) is 0 Å². The Morgan fingerprint density at radius 3 is 2.23 bits per heavy atom. The van der Waals surface area contributed by atoms with E-state index in [0.717, 1.165) is 11.8 Å². The molecular weight excluding hydrogens is 178 g/mol. The fourth-order valence-electron chi connectivity index (χ4n) is 2.55. The molecule has 72 valence electrons. The van der Waals surface area contributed by atoms with Crippen molar-refractivity contribution in [2.75, 3.05) is 11.5 Å². The number of thioether (sulfide) groups is 1. The summed E-state index contributed by atoms with van der Waals surface area (Å²) in [5, 5.41) is 9.15. The summed E-state index contributed by atoms with van der Waals surface area (Å²) in [5.74, 6) is 4.35. The van der Waals surface area contributed by atoms with Crippen molar-refractivity contribution in [2.45, 2.75) is 32.1 Å². The number of nitrogens with zero attached hydrogens (tertiary/aromatic N) is 1. The Kier molecular flexibility index (Phi) is 3.16. The molecule has 0 aromatic carbocycles. The summed E-state index contributed by atoms with van der Waals surface area (Å²) in [6.45, 7) is 0. The molecule has 2 rings (SSSR count). The second-order valence-corrected chi connectivity index (χ2v) is 5.43. The smallest absolute Gasteiger partial charge is 0.0662 e. The second kappa shape index (κ2) is 4.37. The lowest BCUT2D eigenvalue weighted by Gasteiger charge is -2.35. The van der Waals surface area contributed by atoms with Gasteiger partial charge in [0.1, 0.15) is 0 Å². The zero-order valence-electron chi connectivity index (χ0n) is 8.04. The molecule has 2 aliphatic rings. The minimum absolute atomic E-state index is 0.390. The molecule has 1 saturated heterocycles. The normalized spacial score (nSPS) is 27.6. The molecule has 2 heteroatoms. The summed E-state index contributed by atoms with van der Waals surface area (Å²) >= 11 is 2.00. The van der Waals surface area contributed by atoms with Gasteiger partial charge < -0.3 is 0 Å². The second-order valence-electron chi connectivity index (χ2n) is 4.35. The molecule has 1 aliphatic heterocycles. The Labute approximate surface area is 84.9 Å². The van der Waals surface area contributed by atoms with Gasteiger partial charge in [0, 0.05) is 0 Å². The molecule has 2 fully saturated rings. The van der Waals surface area contributed by atoms with Crippen LogP contribution >= 0.6 is 11.8 Å². The van der Waals surface area contributed by atoms with Crippen molar-refractivity contribution in [2.24, 2.45) is 17.8 Å². The number of rotatable bonds is 2. The molecule has 1 heterocycles. The number of hydrogen-bond acceptors (Lipinski definition) is 2. The zero-order valence-corrected chi connectivity index (χ0v) is 8.85. The lowest BCUT2D eigenvalue weighted by atomic mass is 9.75. The van der Waals surface area contributed by atoms with E-state index in [1.54, 1.807) is 0 Å². The Bertz CT molecular complexity index is 199. The van der Waals surface area contributed by atoms with Gasteiger partial charge in [-0.1, -0.05) is 19.3 Å². The SMILES string of the molecule is N#CC(C1CCCCC1)C1CSC1. The first-order valence-electron chi connectivity index (χ1n) is 5.39. The molecule has 0 bridgehead atoms. The van der Waals surface area contributed by atoms with Crippen molar-refractivity contribution in [3.63, 3.8) is 0 Å². The Hall–Kier alpha value is -0.160. The van der Waals surface area contributed by atoms with Gasteiger partial charge in [0.05, 0.1) is 12.0 Å². The quantitative estimate of drug-likeness (QED) is 0.676. The summed E-state index contributed by atoms with van der Waals surface area (Å²) in [6, 6.07) is 2.56. The van der Waals surface area contributed by atoms with E-state index < -0.39 is 0 Å². The maximum atomic E-state index is 9.15. The van der Waals surface area contributed by atoms with Crippen LogP contribution < -0.4 is 0 Å². The molecule has 0 radical (unpaired) electrons. The highest BCUT2D eigenvalue weighted by Crippen LogP contribution is 2.40. The molecule has 0 aromatic heterocycles. The van der Waals surface area contributed by atoms with Crippen LogP contribution in [-0.2, 0) is 0 Å². The van der Waals surface area contributed by atoms with E-state index in [4.69, 9.17) is 5.26 Å². The molecule has 0 amide bonds. The molecule has 1 nitrogen and oxygen atoms in total. The average Bonchev–Trinajstić information content (AvgIpc) is 2.12. The van der Waals surface area contributed by atoms with Crippen LogP contribution in [0.5, 0.6) is 0 Å². The van der Waals surface area contributed by atoms with Crippen molar-refractivity contribution in [1.82, 2.24) is 0 Å². The van der Waals surface area contributed by atoms with Crippen molar-refractivity contribution >= 4 is 11.8 Å². The summed E-state index contributed by atoms with van der Waals surface area (Å²) in [7, 11) is 0. The standard InChI is InChI=1S/C11H17NS/c12-6-11(10-7-13-8-10)9-4-2-1-3-5-9/h9-11H,1-5,7-8H2. The first kappa shape index (κ1) is 9.40. The van der Waals surface area contributed by atoms with E-state index in [0.29, 0.717) is 5.92 Å². The predicted octanol–water partition coefficient (Wildman–Crippen LogP) is 3.07. The Morgan fingerprint density at radius 2 is 1.77 bits per heavy atom. The van der Waals surface area contributed by atoms with E-state index in [9.17, 15) is 0 Å². The van der Waals surface area contributed by atoms with Gasteiger partial charge in [-0.2, -0.15) is 17.0 Å². The highest BCUT2D eigenvalue weighted by molar-refractivity contribution is 8.00. The van der Waals surface area contributed by atoms with Crippen LogP contribution in [0.2, 0.25) is 0 Å². The van der Waals surface area contributed by atoms with Crippen LogP contribution in [-0.4, -0.2) is 11.5 Å². The molecular formula is C11H17NS. The van der Waals surface area contributed by atoms with Crippen molar-refractivity contribution < 1.29 is 0 Å². The van der Waals surface area contributed by atoms with Gasteiger partial charge in [-0.05, 0) is 36.2 Å². The van der Waals surface area contributed by atoms with Crippen molar-refractivity contribution in [1.29, 1.82) is 5.26 Å². The molecule has 1 aliphatic carbocycles. The zero-order chi connectivity index (χ0) is 9.10. The van der Waals surface area contributed by atoms with E-state index in [2.05, 4.69) is 6.07 Å². The topological polar surface area (TPSA) is 23.8 Å². The van der Waals surface area contributed by atoms with Crippen LogP contribution in [0.15, 0.2) is 0 Å². The molecule has 1 saturated carbocycles. The molecule has 13 heavy (non-hydrogen) atoms. The summed E-state index contributed by atoms with van der Waals surface area (Å²) in [5.41, 5.74) is 0. The van der Waals surface area contributed by atoms with Gasteiger partial charge in [0.15, 0.2) is 0 Å². The molecule has 1 unspecified atom stereocenters. The monoisotopic (exact) mass is 195 g/mol. The Balaban J connectivity index is 1.90. The number of nitriles is 1. The highest BCUT2D eigenvalue weighted by Gasteiger charge is 2.34. The van der Waals surface area contributed by atoms with E-state index in [1.807, 2.05) is 11.8 Å². The van der Waals surface area contributed by atoms with Crippen LogP contribution in [0.3, 0.4) is 0 Å². The van der Waals surface area contributed by atoms with Crippen LogP contribution in [0.25, 0.3) is 0 Å². The largest absolute Gasteiger partial charge is 0.198 e. The average molecular weight is 195 g/mol. The van der Waals surface area contributed by atoms with Crippen LogP contribution in [0, 0.1) is 29.1 Å². The lowest BCUT2D eigenvalue weighted by Crippen LogP contribution is -2.32. The minimum Gasteiger partial charge on any atom is -0.198 e. The van der Waals surface area contributed by atoms with Crippen molar-refractivity contribution in [3.05, 3.63) is 0 Å². The Morgan fingerprint density at radius 1 is 1.08 bits per heavy atom. The van der Waals surface area contributed by atoms with Gasteiger partial charge >= 0.3 is 0 Å². The molecule has 1 atom stereocenters. The lowest BCUT2D eigenvalue weighted by molar-refractivity contribution is 0.244. The van der Waals surface area contributed by atoms with Crippen LogP contribution in [0.4, 0.5) is 0 Å². The van der Waals surface area contributed by atoms with Gasteiger partial charge in [-0.25, -0.2) is 0 Å². The first-order chi connectivity index (χ1) is 6.42. The fourth-order valence-corrected chi connectivity index (χ4v) is 3.47. The van der Waals surface area contributed by atoms with Crippen LogP contribution in [0.1, 0.15) is 32.1 Å². The third-order valence-corrected chi connectivity index (χ3v) is 4.81. The van der Waals surface area contributed by atoms with Gasteiger partial charge in [0.25, 0.3) is 0 Å². The van der Waals surface area contributed by atoms with Gasteiger partial charge in [-0.15, -0.1) is 0 Å². The summed E-state index contributed by atoms with van der Waals surface area (Å²) < 4.78 is 0. The predicted molar refractivity (Wildman–Crippen MR) is 56.5 cm³/mol. The van der Waals surface area contributed by atoms with Gasteiger partial charge in [-0.3, -0.25) is 0 Å². The summed E-state index contributed by atoms with van der Waals surface area (Å²) in [4.78, 5) is 0.